The number of hydrogen-bond donors (Lipinski definition) is 1. The maximum Gasteiger partial charge on any atom is 0.251 e. The van der Waals surface area contributed by atoms with Crippen LogP contribution in [0.5, 0.6) is 11.5 Å². The van der Waals surface area contributed by atoms with E-state index >= 15 is 0 Å². The summed E-state index contributed by atoms with van der Waals surface area (Å²) in [5.74, 6) is 1.38. The molecule has 1 saturated heterocycles. The molecule has 2 aliphatic rings. The van der Waals surface area contributed by atoms with Gasteiger partial charge in [-0.05, 0) is 54.8 Å². The standard InChI is InChI=1S/C22H23BrN2O4/c23-17-6-3-15(4-7-17)22(27)24-10-9-21(26)25-11-1-2-18(25)16-5-8-19-20(14-16)29-13-12-28-19/h3-8,14,18H,1-2,9-13H2,(H,24,27)/t18-/m0/s1. The van der Waals surface area contributed by atoms with Gasteiger partial charge in [0.2, 0.25) is 5.91 Å². The molecule has 0 unspecified atom stereocenters. The summed E-state index contributed by atoms with van der Waals surface area (Å²) in [5, 5.41) is 2.83. The van der Waals surface area contributed by atoms with Crippen molar-refractivity contribution in [3.05, 3.63) is 58.1 Å². The van der Waals surface area contributed by atoms with Gasteiger partial charge in [0.05, 0.1) is 6.04 Å². The number of hydrogen-bond acceptors (Lipinski definition) is 4. The molecule has 2 amide bonds. The maximum absolute atomic E-state index is 12.8. The van der Waals surface area contributed by atoms with Gasteiger partial charge in [0.1, 0.15) is 13.2 Å². The van der Waals surface area contributed by atoms with Gasteiger partial charge in [0, 0.05) is 29.5 Å². The van der Waals surface area contributed by atoms with E-state index in [2.05, 4.69) is 21.2 Å². The van der Waals surface area contributed by atoms with E-state index in [1.54, 1.807) is 12.1 Å². The van der Waals surface area contributed by atoms with E-state index < -0.39 is 0 Å². The molecule has 0 aromatic heterocycles. The molecule has 152 valence electrons. The summed E-state index contributed by atoms with van der Waals surface area (Å²) in [6, 6.07) is 13.1. The molecule has 1 N–H and O–H groups in total. The summed E-state index contributed by atoms with van der Waals surface area (Å²) in [5.41, 5.74) is 1.65. The largest absolute Gasteiger partial charge is 0.486 e. The summed E-state index contributed by atoms with van der Waals surface area (Å²) in [6.07, 6.45) is 2.18. The van der Waals surface area contributed by atoms with Crippen molar-refractivity contribution in [2.24, 2.45) is 0 Å². The second-order valence-electron chi connectivity index (χ2n) is 7.16. The Morgan fingerprint density at radius 3 is 2.62 bits per heavy atom. The van der Waals surface area contributed by atoms with E-state index in [1.165, 1.54) is 0 Å². The van der Waals surface area contributed by atoms with Crippen molar-refractivity contribution in [3.63, 3.8) is 0 Å². The quantitative estimate of drug-likeness (QED) is 0.741. The third kappa shape index (κ3) is 4.56. The number of likely N-dealkylation sites (tertiary alicyclic amines) is 1. The molecule has 2 heterocycles. The molecule has 2 aromatic rings. The van der Waals surface area contributed by atoms with Crippen LogP contribution < -0.4 is 14.8 Å². The first-order valence-electron chi connectivity index (χ1n) is 9.84. The Hall–Kier alpha value is -2.54. The Balaban J connectivity index is 1.34. The Bertz CT molecular complexity index is 900. The molecule has 29 heavy (non-hydrogen) atoms. The number of nitrogens with one attached hydrogen (secondary N) is 1. The van der Waals surface area contributed by atoms with Gasteiger partial charge in [-0.25, -0.2) is 0 Å². The zero-order chi connectivity index (χ0) is 20.2. The van der Waals surface area contributed by atoms with Crippen molar-refractivity contribution in [2.45, 2.75) is 25.3 Å². The Morgan fingerprint density at radius 1 is 1.07 bits per heavy atom. The van der Waals surface area contributed by atoms with Crippen molar-refractivity contribution in [2.75, 3.05) is 26.3 Å². The predicted octanol–water partition coefficient (Wildman–Crippen LogP) is 3.70. The number of carbonyl (C=O) groups excluding carboxylic acids is 2. The molecule has 4 rings (SSSR count). The van der Waals surface area contributed by atoms with Crippen molar-refractivity contribution in [1.82, 2.24) is 10.2 Å². The van der Waals surface area contributed by atoms with Gasteiger partial charge in [0.15, 0.2) is 11.5 Å². The molecule has 2 aliphatic heterocycles. The molecule has 0 spiro atoms. The lowest BCUT2D eigenvalue weighted by Crippen LogP contribution is -2.34. The van der Waals surface area contributed by atoms with E-state index in [0.29, 0.717) is 25.3 Å². The number of ether oxygens (including phenoxy) is 2. The van der Waals surface area contributed by atoms with Gasteiger partial charge >= 0.3 is 0 Å². The topological polar surface area (TPSA) is 67.9 Å². The average Bonchev–Trinajstić information content (AvgIpc) is 3.24. The first-order chi connectivity index (χ1) is 14.1. The van der Waals surface area contributed by atoms with E-state index in [4.69, 9.17) is 9.47 Å². The molecular formula is C22H23BrN2O4. The molecule has 1 atom stereocenters. The van der Waals surface area contributed by atoms with Crippen LogP contribution in [-0.2, 0) is 4.79 Å². The minimum absolute atomic E-state index is 0.0421. The van der Waals surface area contributed by atoms with Gasteiger partial charge in [-0.1, -0.05) is 22.0 Å². The van der Waals surface area contributed by atoms with E-state index in [0.717, 1.165) is 40.9 Å². The minimum Gasteiger partial charge on any atom is -0.486 e. The number of rotatable bonds is 5. The van der Waals surface area contributed by atoms with Crippen LogP contribution in [0.25, 0.3) is 0 Å². The molecule has 0 radical (unpaired) electrons. The number of carbonyl (C=O) groups is 2. The van der Waals surface area contributed by atoms with E-state index in [1.807, 2.05) is 35.2 Å². The number of benzene rings is 2. The third-order valence-corrected chi connectivity index (χ3v) is 5.78. The predicted molar refractivity (Wildman–Crippen MR) is 112 cm³/mol. The molecular weight excluding hydrogens is 436 g/mol. The summed E-state index contributed by atoms with van der Waals surface area (Å²) < 4.78 is 12.2. The summed E-state index contributed by atoms with van der Waals surface area (Å²) >= 11 is 3.35. The molecule has 1 fully saturated rings. The lowest BCUT2D eigenvalue weighted by atomic mass is 10.0. The highest BCUT2D eigenvalue weighted by Gasteiger charge is 2.30. The van der Waals surface area contributed by atoms with Crippen LogP contribution in [0.4, 0.5) is 0 Å². The van der Waals surface area contributed by atoms with Gasteiger partial charge in [-0.3, -0.25) is 9.59 Å². The lowest BCUT2D eigenvalue weighted by Gasteiger charge is -2.27. The van der Waals surface area contributed by atoms with Gasteiger partial charge in [-0.2, -0.15) is 0 Å². The van der Waals surface area contributed by atoms with Crippen molar-refractivity contribution < 1.29 is 19.1 Å². The van der Waals surface area contributed by atoms with Crippen LogP contribution in [0.2, 0.25) is 0 Å². The summed E-state index contributed by atoms with van der Waals surface area (Å²) in [6.45, 7) is 2.16. The number of nitrogens with zero attached hydrogens (tertiary/aromatic N) is 1. The number of amides is 2. The second kappa shape index (κ2) is 8.86. The average molecular weight is 459 g/mol. The van der Waals surface area contributed by atoms with Crippen LogP contribution in [0, 0.1) is 0 Å². The molecule has 7 heteroatoms. The normalized spacial score (nSPS) is 17.8. The number of fused-ring (bicyclic) bond motifs is 1. The fraction of sp³-hybridized carbons (Fsp3) is 0.364. The Labute approximate surface area is 178 Å². The van der Waals surface area contributed by atoms with Crippen LogP contribution in [0.15, 0.2) is 46.9 Å². The van der Waals surface area contributed by atoms with Crippen molar-refractivity contribution in [3.8, 4) is 11.5 Å². The zero-order valence-electron chi connectivity index (χ0n) is 16.0. The molecule has 2 aromatic carbocycles. The highest BCUT2D eigenvalue weighted by molar-refractivity contribution is 9.10. The summed E-state index contributed by atoms with van der Waals surface area (Å²) in [7, 11) is 0. The molecule has 0 aliphatic carbocycles. The molecule has 0 bridgehead atoms. The third-order valence-electron chi connectivity index (χ3n) is 5.25. The van der Waals surface area contributed by atoms with Crippen molar-refractivity contribution >= 4 is 27.7 Å². The van der Waals surface area contributed by atoms with Gasteiger partial charge < -0.3 is 19.7 Å². The summed E-state index contributed by atoms with van der Waals surface area (Å²) in [4.78, 5) is 26.9. The van der Waals surface area contributed by atoms with Crippen molar-refractivity contribution in [1.29, 1.82) is 0 Å². The molecule has 0 saturated carbocycles. The maximum atomic E-state index is 12.8. The van der Waals surface area contributed by atoms with Crippen LogP contribution in [0.3, 0.4) is 0 Å². The van der Waals surface area contributed by atoms with Crippen LogP contribution in [0.1, 0.15) is 41.2 Å². The molecule has 6 nitrogen and oxygen atoms in total. The highest BCUT2D eigenvalue weighted by atomic mass is 79.9. The Kier molecular flexibility index (Phi) is 6.04. The number of halogens is 1. The van der Waals surface area contributed by atoms with Crippen LogP contribution >= 0.6 is 15.9 Å². The monoisotopic (exact) mass is 458 g/mol. The fourth-order valence-electron chi connectivity index (χ4n) is 3.81. The second-order valence-corrected chi connectivity index (χ2v) is 8.08. The SMILES string of the molecule is O=C(NCCC(=O)N1CCC[C@H]1c1ccc2c(c1)OCCO2)c1ccc(Br)cc1. The van der Waals surface area contributed by atoms with Gasteiger partial charge in [0.25, 0.3) is 5.91 Å². The van der Waals surface area contributed by atoms with E-state index in [9.17, 15) is 9.59 Å². The zero-order valence-corrected chi connectivity index (χ0v) is 17.6. The first kappa shape index (κ1) is 19.8. The van der Waals surface area contributed by atoms with Gasteiger partial charge in [-0.15, -0.1) is 0 Å². The first-order valence-corrected chi connectivity index (χ1v) is 10.6. The smallest absolute Gasteiger partial charge is 0.251 e. The lowest BCUT2D eigenvalue weighted by molar-refractivity contribution is -0.132. The minimum atomic E-state index is -0.171. The highest BCUT2D eigenvalue weighted by Crippen LogP contribution is 2.38. The van der Waals surface area contributed by atoms with Crippen LogP contribution in [-0.4, -0.2) is 43.0 Å². The van der Waals surface area contributed by atoms with E-state index in [-0.39, 0.29) is 24.3 Å². The Morgan fingerprint density at radius 2 is 1.83 bits per heavy atom. The fourth-order valence-corrected chi connectivity index (χ4v) is 4.07.